The lowest BCUT2D eigenvalue weighted by Gasteiger charge is -2.14. The molecule has 0 fully saturated rings. The number of anilines is 1. The maximum atomic E-state index is 9.82. The summed E-state index contributed by atoms with van der Waals surface area (Å²) in [4.78, 5) is 10.1. The van der Waals surface area contributed by atoms with Gasteiger partial charge in [0.15, 0.2) is 0 Å². The Bertz CT molecular complexity index is 378. The molecular formula is C11H17N3O2. The number of hydrogen-bond donors (Lipinski definition) is 1. The highest BCUT2D eigenvalue weighted by Crippen LogP contribution is 2.29. The molecular weight excluding hydrogens is 206 g/mol. The Balaban J connectivity index is 3.13. The largest absolute Gasteiger partial charge is 0.502 e. The molecule has 0 saturated heterocycles. The van der Waals surface area contributed by atoms with Crippen molar-refractivity contribution in [1.29, 1.82) is 0 Å². The fourth-order valence-corrected chi connectivity index (χ4v) is 1.22. The first-order valence-electron chi connectivity index (χ1n) is 5.02. The number of methoxy groups -OCH3 is 1. The number of aromatic hydroxyl groups is 1. The van der Waals surface area contributed by atoms with Gasteiger partial charge in [-0.3, -0.25) is 0 Å². The van der Waals surface area contributed by atoms with E-state index in [4.69, 9.17) is 4.74 Å². The Morgan fingerprint density at radius 3 is 2.62 bits per heavy atom. The Kier molecular flexibility index (Phi) is 4.10. The van der Waals surface area contributed by atoms with Crippen LogP contribution in [0.25, 0.3) is 0 Å². The van der Waals surface area contributed by atoms with E-state index >= 15 is 0 Å². The summed E-state index contributed by atoms with van der Waals surface area (Å²) in [6.07, 6.45) is 3.15. The molecule has 0 aliphatic heterocycles. The van der Waals surface area contributed by atoms with E-state index in [-0.39, 0.29) is 11.6 Å². The standard InChI is InChI=1S/C11H17N3O2/c1-5-6-7-8-9(15)10(16-4)13-11(12-8)14(2)3/h5,15H,1,6-7H2,2-4H3. The molecule has 1 heterocycles. The van der Waals surface area contributed by atoms with Crippen molar-refractivity contribution in [3.05, 3.63) is 18.3 Å². The Hall–Kier alpha value is -1.78. The van der Waals surface area contributed by atoms with Gasteiger partial charge in [-0.1, -0.05) is 6.08 Å². The molecule has 0 saturated carbocycles. The van der Waals surface area contributed by atoms with Gasteiger partial charge in [0.1, 0.15) is 0 Å². The van der Waals surface area contributed by atoms with Crippen LogP contribution < -0.4 is 9.64 Å². The zero-order valence-corrected chi connectivity index (χ0v) is 9.90. The molecule has 0 radical (unpaired) electrons. The minimum absolute atomic E-state index is 0.00921. The van der Waals surface area contributed by atoms with Gasteiger partial charge in [0.05, 0.1) is 12.8 Å². The van der Waals surface area contributed by atoms with Crippen molar-refractivity contribution >= 4 is 5.95 Å². The lowest BCUT2D eigenvalue weighted by Crippen LogP contribution is -2.14. The van der Waals surface area contributed by atoms with Gasteiger partial charge in [-0.15, -0.1) is 6.58 Å². The van der Waals surface area contributed by atoms with E-state index in [0.29, 0.717) is 18.1 Å². The number of aryl methyl sites for hydroxylation is 1. The van der Waals surface area contributed by atoms with Crippen LogP contribution in [0.5, 0.6) is 11.6 Å². The van der Waals surface area contributed by atoms with Crippen LogP contribution >= 0.6 is 0 Å². The average molecular weight is 223 g/mol. The molecule has 0 aliphatic carbocycles. The quantitative estimate of drug-likeness (QED) is 0.764. The summed E-state index contributed by atoms with van der Waals surface area (Å²) in [5.41, 5.74) is 0.579. The van der Waals surface area contributed by atoms with E-state index in [1.54, 1.807) is 11.0 Å². The third-order valence-electron chi connectivity index (χ3n) is 2.09. The van der Waals surface area contributed by atoms with Gasteiger partial charge < -0.3 is 14.7 Å². The zero-order valence-electron chi connectivity index (χ0n) is 9.90. The molecule has 5 nitrogen and oxygen atoms in total. The number of ether oxygens (including phenoxy) is 1. The first kappa shape index (κ1) is 12.3. The van der Waals surface area contributed by atoms with Crippen molar-refractivity contribution in [3.63, 3.8) is 0 Å². The topological polar surface area (TPSA) is 58.5 Å². The van der Waals surface area contributed by atoms with Crippen LogP contribution in [0.2, 0.25) is 0 Å². The van der Waals surface area contributed by atoms with E-state index in [1.807, 2.05) is 14.1 Å². The Morgan fingerprint density at radius 2 is 2.12 bits per heavy atom. The van der Waals surface area contributed by atoms with Gasteiger partial charge >= 0.3 is 0 Å². The van der Waals surface area contributed by atoms with Gasteiger partial charge in [-0.2, -0.15) is 4.98 Å². The predicted molar refractivity (Wildman–Crippen MR) is 63.1 cm³/mol. The number of allylic oxidation sites excluding steroid dienone is 1. The fourth-order valence-electron chi connectivity index (χ4n) is 1.22. The van der Waals surface area contributed by atoms with Gasteiger partial charge in [0.25, 0.3) is 5.88 Å². The van der Waals surface area contributed by atoms with E-state index in [1.165, 1.54) is 7.11 Å². The van der Waals surface area contributed by atoms with Gasteiger partial charge in [0.2, 0.25) is 11.7 Å². The number of nitrogens with zero attached hydrogens (tertiary/aromatic N) is 3. The zero-order chi connectivity index (χ0) is 12.1. The van der Waals surface area contributed by atoms with Crippen molar-refractivity contribution in [2.75, 3.05) is 26.1 Å². The van der Waals surface area contributed by atoms with Crippen molar-refractivity contribution in [2.45, 2.75) is 12.8 Å². The molecule has 0 bridgehead atoms. The summed E-state index contributed by atoms with van der Waals surface area (Å²) in [5.74, 6) is 0.737. The summed E-state index contributed by atoms with van der Waals surface area (Å²) >= 11 is 0. The smallest absolute Gasteiger partial charge is 0.261 e. The van der Waals surface area contributed by atoms with Crippen molar-refractivity contribution in [2.24, 2.45) is 0 Å². The Morgan fingerprint density at radius 1 is 1.44 bits per heavy atom. The second kappa shape index (κ2) is 5.34. The van der Waals surface area contributed by atoms with Gasteiger partial charge in [-0.05, 0) is 12.8 Å². The molecule has 1 aromatic heterocycles. The summed E-state index contributed by atoms with van der Waals surface area (Å²) in [6, 6.07) is 0. The average Bonchev–Trinajstić information content (AvgIpc) is 2.27. The Labute approximate surface area is 95.4 Å². The first-order valence-corrected chi connectivity index (χ1v) is 5.02. The molecule has 1 N–H and O–H groups in total. The minimum atomic E-state index is 0.00921. The van der Waals surface area contributed by atoms with Crippen molar-refractivity contribution in [3.8, 4) is 11.6 Å². The molecule has 0 unspecified atom stereocenters. The van der Waals surface area contributed by atoms with E-state index in [0.717, 1.165) is 6.42 Å². The second-order valence-corrected chi connectivity index (χ2v) is 3.55. The molecule has 5 heteroatoms. The molecule has 0 amide bonds. The molecule has 0 aliphatic rings. The second-order valence-electron chi connectivity index (χ2n) is 3.55. The van der Waals surface area contributed by atoms with Crippen LogP contribution in [0.3, 0.4) is 0 Å². The van der Waals surface area contributed by atoms with Crippen LogP contribution in [0.15, 0.2) is 12.7 Å². The SMILES string of the molecule is C=CCCc1nc(N(C)C)nc(OC)c1O. The van der Waals surface area contributed by atoms with Crippen LogP contribution in [-0.4, -0.2) is 36.3 Å². The van der Waals surface area contributed by atoms with Crippen LogP contribution in [-0.2, 0) is 6.42 Å². The van der Waals surface area contributed by atoms with Gasteiger partial charge in [0, 0.05) is 14.1 Å². The fraction of sp³-hybridized carbons (Fsp3) is 0.455. The number of rotatable bonds is 5. The maximum absolute atomic E-state index is 9.82. The summed E-state index contributed by atoms with van der Waals surface area (Å²) in [6.45, 7) is 3.64. The van der Waals surface area contributed by atoms with Crippen molar-refractivity contribution in [1.82, 2.24) is 9.97 Å². The molecule has 0 atom stereocenters. The first-order chi connectivity index (χ1) is 7.60. The lowest BCUT2D eigenvalue weighted by atomic mass is 10.2. The van der Waals surface area contributed by atoms with E-state index in [9.17, 15) is 5.11 Å². The molecule has 1 aromatic rings. The van der Waals surface area contributed by atoms with Crippen LogP contribution in [0, 0.1) is 0 Å². The third kappa shape index (κ3) is 2.62. The number of hydrogen-bond acceptors (Lipinski definition) is 5. The van der Waals surface area contributed by atoms with Crippen molar-refractivity contribution < 1.29 is 9.84 Å². The van der Waals surface area contributed by atoms with E-state index < -0.39 is 0 Å². The third-order valence-corrected chi connectivity index (χ3v) is 2.09. The molecule has 16 heavy (non-hydrogen) atoms. The summed E-state index contributed by atoms with van der Waals surface area (Å²) < 4.78 is 5.00. The van der Waals surface area contributed by atoms with E-state index in [2.05, 4.69) is 16.5 Å². The molecule has 0 aromatic carbocycles. The minimum Gasteiger partial charge on any atom is -0.502 e. The summed E-state index contributed by atoms with van der Waals surface area (Å²) in [7, 11) is 5.14. The van der Waals surface area contributed by atoms with Gasteiger partial charge in [-0.25, -0.2) is 4.98 Å². The normalized spacial score (nSPS) is 9.94. The number of aromatic nitrogens is 2. The van der Waals surface area contributed by atoms with Crippen LogP contribution in [0.4, 0.5) is 5.95 Å². The van der Waals surface area contributed by atoms with Crippen LogP contribution in [0.1, 0.15) is 12.1 Å². The molecule has 0 spiro atoms. The highest BCUT2D eigenvalue weighted by atomic mass is 16.5. The lowest BCUT2D eigenvalue weighted by molar-refractivity contribution is 0.353. The predicted octanol–water partition coefficient (Wildman–Crippen LogP) is 1.38. The highest BCUT2D eigenvalue weighted by molar-refractivity contribution is 5.43. The monoisotopic (exact) mass is 223 g/mol. The molecule has 1 rings (SSSR count). The summed E-state index contributed by atoms with van der Waals surface area (Å²) in [5, 5.41) is 9.82. The molecule has 88 valence electrons. The highest BCUT2D eigenvalue weighted by Gasteiger charge is 2.14. The maximum Gasteiger partial charge on any atom is 0.261 e.